The summed E-state index contributed by atoms with van der Waals surface area (Å²) >= 11 is 23.9. The molecular formula is C51H37Cl4N7O7. The molecule has 0 saturated carbocycles. The van der Waals surface area contributed by atoms with Crippen LogP contribution in [0, 0.1) is 10.1 Å². The van der Waals surface area contributed by atoms with Gasteiger partial charge < -0.3 is 31.5 Å². The smallest absolute Gasteiger partial charge is 0.314 e. The van der Waals surface area contributed by atoms with Gasteiger partial charge in [-0.05, 0) is 83.9 Å². The Kier molecular flexibility index (Phi) is 15.7. The second kappa shape index (κ2) is 22.2. The van der Waals surface area contributed by atoms with Crippen LogP contribution < -0.4 is 11.1 Å². The zero-order valence-electron chi connectivity index (χ0n) is 35.7. The average Bonchev–Trinajstić information content (AvgIpc) is 3.37. The van der Waals surface area contributed by atoms with E-state index in [9.17, 15) is 35.3 Å². The summed E-state index contributed by atoms with van der Waals surface area (Å²) in [6, 6.07) is 41.1. The van der Waals surface area contributed by atoms with Crippen molar-refractivity contribution in [3.05, 3.63) is 206 Å². The maximum atomic E-state index is 12.9. The Morgan fingerprint density at radius 1 is 0.551 bits per heavy atom. The Bertz CT molecular complexity index is 3410. The van der Waals surface area contributed by atoms with Crippen LogP contribution in [-0.4, -0.2) is 51.2 Å². The summed E-state index contributed by atoms with van der Waals surface area (Å²) in [6.07, 6.45) is 6.44. The molecule has 0 aliphatic rings. The molecule has 10 aromatic rings. The fraction of sp³-hybridized carbons (Fsp3) is 0.0392. The van der Waals surface area contributed by atoms with Crippen LogP contribution in [0.4, 0.5) is 17.1 Å². The lowest BCUT2D eigenvalue weighted by molar-refractivity contribution is -0.385. The second-order valence-electron chi connectivity index (χ2n) is 14.8. The van der Waals surface area contributed by atoms with E-state index in [2.05, 4.69) is 25.3 Å². The normalized spacial score (nSPS) is 10.7. The van der Waals surface area contributed by atoms with Gasteiger partial charge in [0.25, 0.3) is 0 Å². The van der Waals surface area contributed by atoms with Gasteiger partial charge in [-0.1, -0.05) is 107 Å². The molecule has 6 aromatic carbocycles. The number of nitro groups is 1. The van der Waals surface area contributed by atoms with Gasteiger partial charge in [0.1, 0.15) is 27.8 Å². The van der Waals surface area contributed by atoms with E-state index in [-0.39, 0.29) is 57.4 Å². The highest BCUT2D eigenvalue weighted by Gasteiger charge is 2.21. The molecule has 18 heteroatoms. The van der Waals surface area contributed by atoms with E-state index in [4.69, 9.17) is 52.1 Å². The van der Waals surface area contributed by atoms with Crippen LogP contribution >= 0.6 is 46.4 Å². The summed E-state index contributed by atoms with van der Waals surface area (Å²) in [5.74, 6) is -0.720. The van der Waals surface area contributed by atoms with Gasteiger partial charge in [-0.2, -0.15) is 0 Å². The SMILES string of the molecule is Nc1cc(Cl)c2cccnc2c1O.O=C(CC(c1ccccc1)c1ccccc1)Nc1cc(Cl)c2cccnc2c1O.O=[N+]([O-])c1cc(Cl)c2cccnc2c1O.Oc1ccc(Cl)c2cccnc12. The molecule has 0 saturated heterocycles. The van der Waals surface area contributed by atoms with Crippen LogP contribution in [0.2, 0.25) is 20.1 Å². The van der Waals surface area contributed by atoms with Crippen molar-refractivity contribution in [2.75, 3.05) is 11.1 Å². The third-order valence-corrected chi connectivity index (χ3v) is 11.7. The Hall–Kier alpha value is -8.01. The molecule has 0 unspecified atom stereocenters. The summed E-state index contributed by atoms with van der Waals surface area (Å²) in [5, 5.41) is 56.8. The molecule has 0 aliphatic carbocycles. The van der Waals surface area contributed by atoms with Crippen molar-refractivity contribution in [2.24, 2.45) is 0 Å². The van der Waals surface area contributed by atoms with Gasteiger partial charge in [0.2, 0.25) is 11.7 Å². The number of hydrogen-bond donors (Lipinski definition) is 6. The fourth-order valence-electron chi connectivity index (χ4n) is 7.11. The maximum Gasteiger partial charge on any atom is 0.314 e. The highest BCUT2D eigenvalue weighted by Crippen LogP contribution is 2.39. The average molecular weight is 1000 g/mol. The number of amides is 1. The molecule has 0 spiro atoms. The molecule has 69 heavy (non-hydrogen) atoms. The summed E-state index contributed by atoms with van der Waals surface area (Å²) < 4.78 is 0. The van der Waals surface area contributed by atoms with Crippen LogP contribution in [0.3, 0.4) is 0 Å². The van der Waals surface area contributed by atoms with Crippen molar-refractivity contribution < 1.29 is 30.1 Å². The number of phenolic OH excluding ortho intramolecular Hbond substituents is 4. The van der Waals surface area contributed by atoms with Crippen molar-refractivity contribution >= 4 is 113 Å². The van der Waals surface area contributed by atoms with Gasteiger partial charge in [-0.25, -0.2) is 0 Å². The molecule has 346 valence electrons. The number of anilines is 2. The van der Waals surface area contributed by atoms with Crippen LogP contribution in [0.15, 0.2) is 164 Å². The van der Waals surface area contributed by atoms with E-state index in [0.29, 0.717) is 47.8 Å². The minimum Gasteiger partial charge on any atom is -0.506 e. The highest BCUT2D eigenvalue weighted by molar-refractivity contribution is 6.37. The van der Waals surface area contributed by atoms with Crippen LogP contribution in [-0.2, 0) is 4.79 Å². The van der Waals surface area contributed by atoms with E-state index < -0.39 is 16.4 Å². The number of nitrogens with zero attached hydrogens (tertiary/aromatic N) is 5. The Balaban J connectivity index is 0.000000148. The minimum atomic E-state index is -0.699. The predicted molar refractivity (Wildman–Crippen MR) is 273 cm³/mol. The van der Waals surface area contributed by atoms with E-state index in [0.717, 1.165) is 22.6 Å². The number of pyridine rings is 4. The van der Waals surface area contributed by atoms with Crippen molar-refractivity contribution in [1.82, 2.24) is 19.9 Å². The highest BCUT2D eigenvalue weighted by atomic mass is 35.5. The lowest BCUT2D eigenvalue weighted by Crippen LogP contribution is -2.16. The first-order valence-electron chi connectivity index (χ1n) is 20.5. The standard InChI is InChI=1S/C24H19ClN2O2.C9H5ClN2O3.C9H7ClN2O.C9H6ClNO/c25-20-15-21(24(29)23-18(20)12-7-13-26-23)27-22(28)14-19(16-8-3-1-4-9-16)17-10-5-2-6-11-17;10-6-4-7(12(14)15)9(13)8-5(6)2-1-3-11-8;10-6-4-7(11)9(13)8-5(6)2-1-3-12-8;10-7-3-4-8(12)9-6(7)2-1-5-11-9/h1-13,15,19,29H,14H2,(H,27,28);1-4,13H;1-4,13H,11H2;1-5,12H. The van der Waals surface area contributed by atoms with Crippen molar-refractivity contribution in [1.29, 1.82) is 0 Å². The molecule has 0 bridgehead atoms. The number of rotatable bonds is 6. The van der Waals surface area contributed by atoms with Gasteiger partial charge in [0, 0.05) is 64.7 Å². The summed E-state index contributed by atoms with van der Waals surface area (Å²) in [6.45, 7) is 0. The van der Waals surface area contributed by atoms with Gasteiger partial charge in [0.15, 0.2) is 11.5 Å². The van der Waals surface area contributed by atoms with E-state index in [1.54, 1.807) is 73.2 Å². The number of nitrogens with two attached hydrogens (primary N) is 1. The summed E-state index contributed by atoms with van der Waals surface area (Å²) in [7, 11) is 0. The molecule has 0 aliphatic heterocycles. The first-order chi connectivity index (χ1) is 33.2. The number of carbonyl (C=O) groups is 1. The fourth-order valence-corrected chi connectivity index (χ4v) is 8.11. The Morgan fingerprint density at radius 3 is 1.48 bits per heavy atom. The molecule has 4 heterocycles. The van der Waals surface area contributed by atoms with Crippen molar-refractivity contribution in [3.8, 4) is 23.0 Å². The van der Waals surface area contributed by atoms with E-state index in [1.807, 2.05) is 66.7 Å². The number of nitrogen functional groups attached to an aromatic ring is 1. The molecular weight excluding hydrogens is 964 g/mol. The predicted octanol–water partition coefficient (Wildman–Crippen LogP) is 13.0. The van der Waals surface area contributed by atoms with Crippen molar-refractivity contribution in [3.63, 3.8) is 0 Å². The summed E-state index contributed by atoms with van der Waals surface area (Å²) in [4.78, 5) is 38.8. The quantitative estimate of drug-likeness (QED) is 0.0395. The molecule has 0 radical (unpaired) electrons. The minimum absolute atomic E-state index is 0.0139. The number of fused-ring (bicyclic) bond motifs is 4. The number of aromatic nitrogens is 4. The number of nitrogens with one attached hydrogen (secondary N) is 1. The first-order valence-corrected chi connectivity index (χ1v) is 22.0. The molecule has 7 N–H and O–H groups in total. The Morgan fingerprint density at radius 2 is 0.986 bits per heavy atom. The van der Waals surface area contributed by atoms with Gasteiger partial charge in [-0.15, -0.1) is 0 Å². The van der Waals surface area contributed by atoms with Crippen molar-refractivity contribution in [2.45, 2.75) is 12.3 Å². The molecule has 1 amide bonds. The largest absolute Gasteiger partial charge is 0.506 e. The number of phenols is 4. The molecule has 4 aromatic heterocycles. The third kappa shape index (κ3) is 11.4. The second-order valence-corrected chi connectivity index (χ2v) is 16.5. The van der Waals surface area contributed by atoms with Crippen LogP contribution in [0.5, 0.6) is 23.0 Å². The number of halogens is 4. The number of benzene rings is 6. The molecule has 0 fully saturated rings. The lowest BCUT2D eigenvalue weighted by Gasteiger charge is -2.18. The number of hydrogen-bond acceptors (Lipinski definition) is 12. The van der Waals surface area contributed by atoms with Crippen LogP contribution in [0.25, 0.3) is 43.6 Å². The van der Waals surface area contributed by atoms with E-state index in [1.165, 1.54) is 18.3 Å². The topological polar surface area (TPSA) is 231 Å². The number of nitro benzene ring substituents is 1. The van der Waals surface area contributed by atoms with Gasteiger partial charge in [0.05, 0.1) is 36.4 Å². The summed E-state index contributed by atoms with van der Waals surface area (Å²) in [5.41, 5.74) is 9.16. The Labute approximate surface area is 413 Å². The monoisotopic (exact) mass is 999 g/mol. The first kappa shape index (κ1) is 48.9. The van der Waals surface area contributed by atoms with Crippen LogP contribution in [0.1, 0.15) is 23.5 Å². The molecule has 14 nitrogen and oxygen atoms in total. The van der Waals surface area contributed by atoms with E-state index >= 15 is 0 Å². The number of aromatic hydroxyl groups is 4. The molecule has 0 atom stereocenters. The molecule has 10 rings (SSSR count). The number of carbonyl (C=O) groups excluding carboxylic acids is 1. The lowest BCUT2D eigenvalue weighted by atomic mass is 9.88. The van der Waals surface area contributed by atoms with Gasteiger partial charge in [-0.3, -0.25) is 34.8 Å². The third-order valence-electron chi connectivity index (χ3n) is 10.4. The zero-order valence-corrected chi connectivity index (χ0v) is 38.7. The van der Waals surface area contributed by atoms with Gasteiger partial charge >= 0.3 is 5.69 Å². The zero-order chi connectivity index (χ0) is 49.2. The maximum absolute atomic E-state index is 12.9.